The number of unbranched alkanes of at least 4 members (excludes halogenated alkanes) is 1. The summed E-state index contributed by atoms with van der Waals surface area (Å²) in [5.41, 5.74) is 1.37. The molecule has 0 aliphatic heterocycles. The Kier molecular flexibility index (Phi) is 13.7. The number of hydrogen-bond acceptors (Lipinski definition) is 9. The van der Waals surface area contributed by atoms with Gasteiger partial charge < -0.3 is 25.8 Å². The van der Waals surface area contributed by atoms with Crippen LogP contribution in [0.25, 0.3) is 0 Å². The lowest BCUT2D eigenvalue weighted by molar-refractivity contribution is -0.384. The summed E-state index contributed by atoms with van der Waals surface area (Å²) in [6.45, 7) is 10.7. The van der Waals surface area contributed by atoms with E-state index >= 15 is 0 Å². The van der Waals surface area contributed by atoms with E-state index in [2.05, 4.69) is 34.6 Å². The third-order valence-electron chi connectivity index (χ3n) is 5.51. The van der Waals surface area contributed by atoms with Gasteiger partial charge in [-0.2, -0.15) is 0 Å². The van der Waals surface area contributed by atoms with Crippen LogP contribution in [0, 0.1) is 15.5 Å². The maximum Gasteiger partial charge on any atom is 0.292 e. The van der Waals surface area contributed by atoms with Gasteiger partial charge in [-0.25, -0.2) is 4.99 Å². The lowest BCUT2D eigenvalue weighted by atomic mass is 10.1. The number of rotatable bonds is 18. The van der Waals surface area contributed by atoms with Crippen molar-refractivity contribution in [3.8, 4) is 0 Å². The fourth-order valence-electron chi connectivity index (χ4n) is 3.51. The zero-order valence-electron chi connectivity index (χ0n) is 22.1. The van der Waals surface area contributed by atoms with Crippen molar-refractivity contribution < 1.29 is 9.72 Å². The molecule has 0 aliphatic rings. The minimum absolute atomic E-state index is 0.0204. The minimum atomic E-state index is -0.397. The molecule has 0 unspecified atom stereocenters. The van der Waals surface area contributed by atoms with Crippen LogP contribution >= 0.6 is 0 Å². The number of benzene rings is 1. The quantitative estimate of drug-likeness (QED) is 0.0453. The third kappa shape index (κ3) is 9.27. The second-order valence-electron chi connectivity index (χ2n) is 8.38. The molecule has 0 fully saturated rings. The van der Waals surface area contributed by atoms with Crippen molar-refractivity contribution in [3.63, 3.8) is 0 Å². The number of amides is 1. The predicted octanol–water partition coefficient (Wildman–Crippen LogP) is 1.94. The van der Waals surface area contributed by atoms with Crippen LogP contribution in [0.5, 0.6) is 0 Å². The van der Waals surface area contributed by atoms with Gasteiger partial charge in [-0.1, -0.05) is 19.4 Å². The van der Waals surface area contributed by atoms with Crippen LogP contribution in [0.1, 0.15) is 32.3 Å². The van der Waals surface area contributed by atoms with E-state index in [0.29, 0.717) is 43.2 Å². The molecule has 12 nitrogen and oxygen atoms in total. The van der Waals surface area contributed by atoms with Crippen molar-refractivity contribution in [2.75, 3.05) is 58.9 Å². The Morgan fingerprint density at radius 1 is 1.28 bits per heavy atom. The summed E-state index contributed by atoms with van der Waals surface area (Å²) in [5, 5.41) is 29.3. The number of anilines is 1. The number of likely N-dealkylation sites (N-methyl/N-ethyl adjacent to an activating group) is 3. The van der Waals surface area contributed by atoms with Crippen molar-refractivity contribution in [2.45, 2.75) is 33.2 Å². The van der Waals surface area contributed by atoms with E-state index in [1.165, 1.54) is 11.0 Å². The molecule has 0 bridgehead atoms. The third-order valence-corrected chi connectivity index (χ3v) is 5.51. The molecule has 12 heteroatoms. The van der Waals surface area contributed by atoms with Gasteiger partial charge >= 0.3 is 0 Å². The van der Waals surface area contributed by atoms with E-state index in [1.807, 2.05) is 30.8 Å². The summed E-state index contributed by atoms with van der Waals surface area (Å²) >= 11 is 0. The molecular formula is C24H41N9O3. The predicted molar refractivity (Wildman–Crippen MR) is 145 cm³/mol. The Bertz CT molecular complexity index is 918. The fraction of sp³-hybridized carbons (Fsp3) is 0.542. The molecule has 1 aromatic rings. The second-order valence-corrected chi connectivity index (χ2v) is 8.38. The number of nitrogens with zero attached hydrogens (tertiary/aromatic N) is 5. The summed E-state index contributed by atoms with van der Waals surface area (Å²) in [7, 11) is 5.54. The van der Waals surface area contributed by atoms with Gasteiger partial charge in [-0.3, -0.25) is 25.2 Å². The summed E-state index contributed by atoms with van der Waals surface area (Å²) in [6.07, 6.45) is 2.67. The summed E-state index contributed by atoms with van der Waals surface area (Å²) < 4.78 is 0. The highest BCUT2D eigenvalue weighted by molar-refractivity contribution is 5.98. The van der Waals surface area contributed by atoms with Crippen LogP contribution in [0.4, 0.5) is 11.4 Å². The molecule has 0 atom stereocenters. The Hall–Kier alpha value is -3.51. The van der Waals surface area contributed by atoms with Crippen molar-refractivity contribution in [1.82, 2.24) is 25.8 Å². The topological polar surface area (TPSA) is 142 Å². The first-order chi connectivity index (χ1) is 17.2. The van der Waals surface area contributed by atoms with Gasteiger partial charge in [-0.15, -0.1) is 0 Å². The van der Waals surface area contributed by atoms with Crippen LogP contribution in [0.3, 0.4) is 0 Å². The number of nitro benzene ring substituents is 1. The first-order valence-electron chi connectivity index (χ1n) is 12.0. The SMILES string of the molecule is C=NC(=N)/C(NC)=C(\NCNCCCC)N(C=O)Cc1ccc(N(CC)CCN(C)C)c([N+](=O)[O-])c1. The van der Waals surface area contributed by atoms with Crippen LogP contribution in [-0.4, -0.2) is 87.7 Å². The Balaban J connectivity index is 3.32. The minimum Gasteiger partial charge on any atom is -0.382 e. The smallest absolute Gasteiger partial charge is 0.292 e. The first kappa shape index (κ1) is 30.5. The molecule has 0 spiro atoms. The largest absolute Gasteiger partial charge is 0.382 e. The molecular weight excluding hydrogens is 462 g/mol. The van der Waals surface area contributed by atoms with Crippen molar-refractivity contribution in [1.29, 1.82) is 5.41 Å². The molecule has 0 aromatic heterocycles. The van der Waals surface area contributed by atoms with Crippen LogP contribution < -0.4 is 20.9 Å². The monoisotopic (exact) mass is 503 g/mol. The van der Waals surface area contributed by atoms with Gasteiger partial charge in [0.2, 0.25) is 6.41 Å². The highest BCUT2D eigenvalue weighted by atomic mass is 16.6. The van der Waals surface area contributed by atoms with E-state index in [0.717, 1.165) is 25.9 Å². The molecule has 0 heterocycles. The number of nitrogens with one attached hydrogen (secondary N) is 4. The lowest BCUT2D eigenvalue weighted by Crippen LogP contribution is -2.40. The Morgan fingerprint density at radius 3 is 2.53 bits per heavy atom. The van der Waals surface area contributed by atoms with E-state index in [9.17, 15) is 14.9 Å². The zero-order chi connectivity index (χ0) is 27.1. The Labute approximate surface area is 214 Å². The van der Waals surface area contributed by atoms with Gasteiger partial charge in [0.05, 0.1) is 18.1 Å². The van der Waals surface area contributed by atoms with Gasteiger partial charge in [0.15, 0.2) is 5.84 Å². The van der Waals surface area contributed by atoms with Crippen molar-refractivity contribution in [3.05, 3.63) is 45.4 Å². The number of carbonyl (C=O) groups excluding carboxylic acids is 1. The van der Waals surface area contributed by atoms with E-state index in [4.69, 9.17) is 5.41 Å². The van der Waals surface area contributed by atoms with E-state index in [1.54, 1.807) is 19.2 Å². The zero-order valence-corrected chi connectivity index (χ0v) is 22.1. The number of aliphatic imine (C=N–C) groups is 1. The van der Waals surface area contributed by atoms with Crippen LogP contribution in [0.2, 0.25) is 0 Å². The summed E-state index contributed by atoms with van der Waals surface area (Å²) in [4.78, 5) is 32.7. The highest BCUT2D eigenvalue weighted by Crippen LogP contribution is 2.30. The number of amidine groups is 1. The molecule has 0 saturated carbocycles. The maximum absolute atomic E-state index is 12.1. The van der Waals surface area contributed by atoms with Crippen molar-refractivity contribution >= 4 is 30.3 Å². The molecule has 1 aromatic carbocycles. The summed E-state index contributed by atoms with van der Waals surface area (Å²) in [5.74, 6) is 0.183. The van der Waals surface area contributed by atoms with Gasteiger partial charge in [0, 0.05) is 32.7 Å². The number of nitro groups is 1. The normalized spacial score (nSPS) is 11.5. The highest BCUT2D eigenvalue weighted by Gasteiger charge is 2.22. The Morgan fingerprint density at radius 2 is 2.00 bits per heavy atom. The molecule has 4 N–H and O–H groups in total. The van der Waals surface area contributed by atoms with Gasteiger partial charge in [-0.05, 0) is 52.3 Å². The fourth-order valence-corrected chi connectivity index (χ4v) is 3.51. The van der Waals surface area contributed by atoms with Gasteiger partial charge in [0.25, 0.3) is 5.69 Å². The molecule has 1 rings (SSSR count). The second kappa shape index (κ2) is 16.2. The van der Waals surface area contributed by atoms with E-state index < -0.39 is 4.92 Å². The molecule has 200 valence electrons. The molecule has 36 heavy (non-hydrogen) atoms. The lowest BCUT2D eigenvalue weighted by Gasteiger charge is -2.27. The maximum atomic E-state index is 12.1. The average molecular weight is 504 g/mol. The van der Waals surface area contributed by atoms with E-state index in [-0.39, 0.29) is 23.8 Å². The molecule has 0 radical (unpaired) electrons. The number of hydrogen-bond donors (Lipinski definition) is 4. The van der Waals surface area contributed by atoms with Crippen molar-refractivity contribution in [2.24, 2.45) is 4.99 Å². The molecule has 0 saturated heterocycles. The average Bonchev–Trinajstić information content (AvgIpc) is 2.86. The number of carbonyl (C=O) groups is 1. The molecule has 0 aliphatic carbocycles. The standard InChI is InChI=1S/C24H41N9O3/c1-7-9-12-28-17-29-24(22(26-3)23(25)27-4)32(18-34)16-19-10-11-20(21(15-19)33(35)36)31(8-2)14-13-30(5)6/h10-11,15,18,25-26,28-29H,4,7-9,12-14,16-17H2,1-3,5-6H3/b24-22-,25-23?. The summed E-state index contributed by atoms with van der Waals surface area (Å²) in [6, 6.07) is 5.01. The van der Waals surface area contributed by atoms with Crippen LogP contribution in [0.15, 0.2) is 34.7 Å². The molecule has 1 amide bonds. The first-order valence-corrected chi connectivity index (χ1v) is 12.0. The van der Waals surface area contributed by atoms with Crippen LogP contribution in [-0.2, 0) is 11.3 Å². The van der Waals surface area contributed by atoms with Gasteiger partial charge in [0.1, 0.15) is 17.2 Å².